The summed E-state index contributed by atoms with van der Waals surface area (Å²) in [6.07, 6.45) is 18.1. The normalized spacial score (nSPS) is 25.5. The lowest BCUT2D eigenvalue weighted by Gasteiger charge is -2.45. The molecule has 0 aromatic rings. The first kappa shape index (κ1) is 62.2. The molecule has 0 amide bonds. The summed E-state index contributed by atoms with van der Waals surface area (Å²) in [7, 11) is 0. The van der Waals surface area contributed by atoms with Crippen LogP contribution in [0.4, 0.5) is 0 Å². The van der Waals surface area contributed by atoms with Crippen molar-refractivity contribution in [2.75, 3.05) is 0 Å². The second kappa shape index (κ2) is 38.7. The fourth-order valence-corrected chi connectivity index (χ4v) is 9.44. The first-order valence-corrected chi connectivity index (χ1v) is 27.7. The van der Waals surface area contributed by atoms with Crippen LogP contribution in [-0.2, 0) is 42.8 Å². The van der Waals surface area contributed by atoms with Gasteiger partial charge in [-0.3, -0.25) is 14.4 Å². The summed E-state index contributed by atoms with van der Waals surface area (Å²) in [4.78, 5) is 39.3. The molecule has 0 radical (unpaired) electrons. The van der Waals surface area contributed by atoms with Gasteiger partial charge in [0.15, 0.2) is 12.6 Å². The average Bonchev–Trinajstić information content (AvgIpc) is 3.29. The molecule has 2 aliphatic heterocycles. The van der Waals surface area contributed by atoms with E-state index in [4.69, 9.17) is 28.4 Å². The van der Waals surface area contributed by atoms with Gasteiger partial charge in [-0.05, 0) is 46.0 Å². The summed E-state index contributed by atoms with van der Waals surface area (Å²) < 4.78 is 36.4. The molecule has 0 spiro atoms. The molecule has 68 heavy (non-hydrogen) atoms. The highest BCUT2D eigenvalue weighted by molar-refractivity contribution is 5.73. The van der Waals surface area contributed by atoms with Crippen molar-refractivity contribution in [3.05, 3.63) is 0 Å². The smallest absolute Gasteiger partial charge is 0.309 e. The first-order chi connectivity index (χ1) is 32.8. The zero-order valence-electron chi connectivity index (χ0n) is 43.4. The maximum Gasteiger partial charge on any atom is 0.309 e. The van der Waals surface area contributed by atoms with Gasteiger partial charge in [0.05, 0.1) is 43.7 Å². The molecule has 0 bridgehead atoms. The van der Waals surface area contributed by atoms with Gasteiger partial charge in [-0.25, -0.2) is 0 Å². The quantitative estimate of drug-likeness (QED) is 0.0285. The lowest BCUT2D eigenvalue weighted by Crippen LogP contribution is -2.60. The fraction of sp³-hybridized carbons (Fsp3) is 0.944. The lowest BCUT2D eigenvalue weighted by molar-refractivity contribution is -0.351. The SMILES string of the molecule is CCCCCCCCCCC[C@H](CC(=O)O)OC(=O)C[C@@H](CCCCCCCCCCC)OC(=O)C[C@@H](CCCCCCCCCCC)O[C@@H]1OC(C)[C@H](O)[C@H](O)C1O[C@H]1C[C@@H](O)[C@@H](O)C(C)O1. The molecule has 2 saturated heterocycles. The number of esters is 2. The van der Waals surface area contributed by atoms with Gasteiger partial charge in [0.2, 0.25) is 0 Å². The minimum atomic E-state index is -1.45. The predicted octanol–water partition coefficient (Wildman–Crippen LogP) is 10.9. The van der Waals surface area contributed by atoms with Crippen LogP contribution in [0.5, 0.6) is 0 Å². The largest absolute Gasteiger partial charge is 0.481 e. The van der Waals surface area contributed by atoms with Crippen LogP contribution in [0.1, 0.15) is 253 Å². The Kier molecular flexibility index (Phi) is 35.4. The molecule has 2 rings (SSSR count). The van der Waals surface area contributed by atoms with Crippen LogP contribution in [0.3, 0.4) is 0 Å². The van der Waals surface area contributed by atoms with Crippen molar-refractivity contribution in [2.45, 2.75) is 327 Å². The number of hydrogen-bond donors (Lipinski definition) is 5. The molecule has 0 aromatic carbocycles. The fourth-order valence-electron chi connectivity index (χ4n) is 9.44. The van der Waals surface area contributed by atoms with Gasteiger partial charge in [0, 0.05) is 6.42 Å². The summed E-state index contributed by atoms with van der Waals surface area (Å²) in [6.45, 7) is 9.83. The minimum Gasteiger partial charge on any atom is -0.481 e. The van der Waals surface area contributed by atoms with Gasteiger partial charge in [0.1, 0.15) is 36.6 Å². The maximum atomic E-state index is 14.0. The Morgan fingerprint density at radius 1 is 0.485 bits per heavy atom. The summed E-state index contributed by atoms with van der Waals surface area (Å²) in [5, 5.41) is 52.5. The van der Waals surface area contributed by atoms with Gasteiger partial charge in [-0.1, -0.05) is 181 Å². The van der Waals surface area contributed by atoms with Gasteiger partial charge < -0.3 is 54.0 Å². The number of ether oxygens (including phenoxy) is 6. The van der Waals surface area contributed by atoms with Crippen molar-refractivity contribution < 1.29 is 68.3 Å². The molecule has 14 nitrogen and oxygen atoms in total. The number of unbranched alkanes of at least 4 members (excludes halogenated alkanes) is 24. The molecule has 12 atom stereocenters. The Morgan fingerprint density at radius 3 is 1.26 bits per heavy atom. The van der Waals surface area contributed by atoms with Crippen molar-refractivity contribution in [1.29, 1.82) is 0 Å². The topological polar surface area (TPSA) is 208 Å². The molecule has 2 heterocycles. The van der Waals surface area contributed by atoms with Crippen molar-refractivity contribution in [2.24, 2.45) is 0 Å². The molecule has 0 aromatic heterocycles. The van der Waals surface area contributed by atoms with Crippen molar-refractivity contribution in [3.63, 3.8) is 0 Å². The van der Waals surface area contributed by atoms with Crippen LogP contribution in [-0.4, -0.2) is 117 Å². The van der Waals surface area contributed by atoms with E-state index in [0.29, 0.717) is 19.3 Å². The van der Waals surface area contributed by atoms with E-state index in [1.807, 2.05) is 0 Å². The zero-order chi connectivity index (χ0) is 49.9. The zero-order valence-corrected chi connectivity index (χ0v) is 43.4. The van der Waals surface area contributed by atoms with Crippen molar-refractivity contribution in [3.8, 4) is 0 Å². The van der Waals surface area contributed by atoms with E-state index in [-0.39, 0.29) is 25.7 Å². The lowest BCUT2D eigenvalue weighted by atomic mass is 9.98. The van der Waals surface area contributed by atoms with Crippen molar-refractivity contribution in [1.82, 2.24) is 0 Å². The van der Waals surface area contributed by atoms with E-state index in [2.05, 4.69) is 20.8 Å². The molecule has 400 valence electrons. The highest BCUT2D eigenvalue weighted by Gasteiger charge is 2.48. The summed E-state index contributed by atoms with van der Waals surface area (Å²) in [5.41, 5.74) is 0. The molecule has 0 saturated carbocycles. The second-order valence-corrected chi connectivity index (χ2v) is 20.2. The first-order valence-electron chi connectivity index (χ1n) is 27.7. The molecule has 14 heteroatoms. The molecular weight excluding hydrogens is 873 g/mol. The average molecular weight is 973 g/mol. The van der Waals surface area contributed by atoms with E-state index in [0.717, 1.165) is 77.0 Å². The summed E-state index contributed by atoms with van der Waals surface area (Å²) >= 11 is 0. The third-order valence-corrected chi connectivity index (χ3v) is 13.8. The number of rotatable bonds is 42. The van der Waals surface area contributed by atoms with Crippen LogP contribution in [0.15, 0.2) is 0 Å². The second-order valence-electron chi connectivity index (χ2n) is 20.2. The van der Waals surface area contributed by atoms with Crippen molar-refractivity contribution >= 4 is 17.9 Å². The molecule has 3 unspecified atom stereocenters. The van der Waals surface area contributed by atoms with Gasteiger partial charge in [-0.2, -0.15) is 0 Å². The number of carbonyl (C=O) groups is 3. The highest BCUT2D eigenvalue weighted by Crippen LogP contribution is 2.31. The number of carboxylic acid groups (broad SMARTS) is 1. The molecular formula is C54H100O14. The summed E-state index contributed by atoms with van der Waals surface area (Å²) in [5.74, 6) is -2.19. The van der Waals surface area contributed by atoms with E-state index >= 15 is 0 Å². The number of aliphatic carboxylic acids is 1. The van der Waals surface area contributed by atoms with E-state index in [1.165, 1.54) is 96.3 Å². The van der Waals surface area contributed by atoms with E-state index < -0.39 is 91.5 Å². The Bertz CT molecular complexity index is 1260. The van der Waals surface area contributed by atoms with Crippen LogP contribution in [0.2, 0.25) is 0 Å². The monoisotopic (exact) mass is 973 g/mol. The number of hydrogen-bond acceptors (Lipinski definition) is 13. The third kappa shape index (κ3) is 28.2. The molecule has 0 aliphatic carbocycles. The Balaban J connectivity index is 2.19. The molecule has 2 aliphatic rings. The number of carboxylic acids is 1. The highest BCUT2D eigenvalue weighted by atomic mass is 16.7. The van der Waals surface area contributed by atoms with Gasteiger partial charge in [-0.15, -0.1) is 0 Å². The van der Waals surface area contributed by atoms with Crippen LogP contribution in [0, 0.1) is 0 Å². The number of carbonyl (C=O) groups excluding carboxylic acids is 2. The van der Waals surface area contributed by atoms with Crippen LogP contribution in [0.25, 0.3) is 0 Å². The number of aliphatic hydroxyl groups is 4. The predicted molar refractivity (Wildman–Crippen MR) is 264 cm³/mol. The number of aliphatic hydroxyl groups excluding tert-OH is 4. The summed E-state index contributed by atoms with van der Waals surface area (Å²) in [6, 6.07) is 0. The van der Waals surface area contributed by atoms with Crippen LogP contribution >= 0.6 is 0 Å². The third-order valence-electron chi connectivity index (χ3n) is 13.8. The molecule has 2 fully saturated rings. The van der Waals surface area contributed by atoms with Crippen LogP contribution < -0.4 is 0 Å². The molecule has 5 N–H and O–H groups in total. The standard InChI is InChI=1S/C54H100O14/c1-6-9-12-15-18-21-24-27-30-33-42(36-46(56)57)65-47(58)37-43(34-31-28-25-22-19-16-13-10-7-2)66-48(59)38-44(35-32-29-26-23-20-17-14-11-8-3)67-54-53(52(62)51(61)41(5)64-54)68-49-39-45(55)50(60)40(4)63-49/h40-45,49-55,60-62H,6-39H2,1-5H3,(H,56,57)/t40?,41?,42-,43-,44-,45-,49+,50+,51+,52+,53?,54+/m1/s1. The van der Waals surface area contributed by atoms with Gasteiger partial charge in [0.25, 0.3) is 0 Å². The Hall–Kier alpha value is -1.91. The minimum absolute atomic E-state index is 0.0830. The van der Waals surface area contributed by atoms with E-state index in [1.54, 1.807) is 13.8 Å². The van der Waals surface area contributed by atoms with Gasteiger partial charge >= 0.3 is 17.9 Å². The van der Waals surface area contributed by atoms with E-state index in [9.17, 15) is 39.9 Å². The maximum absolute atomic E-state index is 14.0. The Labute approximate surface area is 411 Å². The Morgan fingerprint density at radius 2 is 0.853 bits per heavy atom.